The van der Waals surface area contributed by atoms with Gasteiger partial charge in [0.15, 0.2) is 0 Å². The zero-order chi connectivity index (χ0) is 22.1. The highest BCUT2D eigenvalue weighted by atomic mass is 19.1. The molecule has 0 radical (unpaired) electrons. The quantitative estimate of drug-likeness (QED) is 0.675. The molecule has 5 nitrogen and oxygen atoms in total. The lowest BCUT2D eigenvalue weighted by Gasteiger charge is -2.37. The molecule has 2 heterocycles. The van der Waals surface area contributed by atoms with Crippen LogP contribution in [0.5, 0.6) is 0 Å². The summed E-state index contributed by atoms with van der Waals surface area (Å²) in [4.78, 5) is 32.4. The van der Waals surface area contributed by atoms with Crippen molar-refractivity contribution in [3.05, 3.63) is 47.8 Å². The standard InChI is InChI=1S/C26H34FN3O2/c27-22-8-4-5-20(17-22)19-28-13-15-30(16-14-28)25(32)23-18-26(23)9-11-29(12-10-26)24(31)21-6-2-1-3-7-21/h1-2,4-5,8,17,21,23H,3,6-7,9-16,18-19H2/t21-,23+/m1/s1. The summed E-state index contributed by atoms with van der Waals surface area (Å²) in [7, 11) is 0. The summed E-state index contributed by atoms with van der Waals surface area (Å²) in [6, 6.07) is 6.77. The van der Waals surface area contributed by atoms with Crippen LogP contribution >= 0.6 is 0 Å². The van der Waals surface area contributed by atoms with Gasteiger partial charge in [0.05, 0.1) is 0 Å². The number of hydrogen-bond donors (Lipinski definition) is 0. The minimum absolute atomic E-state index is 0.138. The van der Waals surface area contributed by atoms with Crippen LogP contribution in [0.25, 0.3) is 0 Å². The van der Waals surface area contributed by atoms with Crippen molar-refractivity contribution in [3.63, 3.8) is 0 Å². The lowest BCUT2D eigenvalue weighted by Crippen LogP contribution is -2.49. The van der Waals surface area contributed by atoms with Crippen LogP contribution in [0.4, 0.5) is 4.39 Å². The summed E-state index contributed by atoms with van der Waals surface area (Å²) < 4.78 is 13.4. The third kappa shape index (κ3) is 4.47. The van der Waals surface area contributed by atoms with Gasteiger partial charge in [0.1, 0.15) is 5.82 Å². The third-order valence-corrected chi connectivity index (χ3v) is 8.16. The van der Waals surface area contributed by atoms with E-state index < -0.39 is 0 Å². The lowest BCUT2D eigenvalue weighted by atomic mass is 9.88. The van der Waals surface area contributed by atoms with Crippen LogP contribution in [0, 0.1) is 23.1 Å². The number of amides is 2. The van der Waals surface area contributed by atoms with E-state index >= 15 is 0 Å². The molecular formula is C26H34FN3O2. The molecule has 2 aliphatic carbocycles. The molecule has 2 atom stereocenters. The number of benzene rings is 1. The minimum Gasteiger partial charge on any atom is -0.342 e. The first kappa shape index (κ1) is 21.6. The number of piperazine rings is 1. The molecule has 4 aliphatic rings. The summed E-state index contributed by atoms with van der Waals surface area (Å²) in [5, 5.41) is 0. The van der Waals surface area contributed by atoms with Crippen LogP contribution in [0.3, 0.4) is 0 Å². The maximum Gasteiger partial charge on any atom is 0.226 e. The molecule has 1 saturated carbocycles. The van der Waals surface area contributed by atoms with E-state index in [1.165, 1.54) is 6.07 Å². The Labute approximate surface area is 190 Å². The molecule has 5 rings (SSSR count). The number of allylic oxidation sites excluding steroid dienone is 2. The molecule has 172 valence electrons. The first-order chi connectivity index (χ1) is 15.5. The van der Waals surface area contributed by atoms with Gasteiger partial charge >= 0.3 is 0 Å². The molecule has 6 heteroatoms. The summed E-state index contributed by atoms with van der Waals surface area (Å²) in [6.45, 7) is 5.52. The van der Waals surface area contributed by atoms with E-state index in [9.17, 15) is 14.0 Å². The number of nitrogens with zero attached hydrogens (tertiary/aromatic N) is 3. The fourth-order valence-electron chi connectivity index (χ4n) is 5.94. The van der Waals surface area contributed by atoms with Crippen molar-refractivity contribution >= 4 is 11.8 Å². The van der Waals surface area contributed by atoms with Gasteiger partial charge in [-0.25, -0.2) is 4.39 Å². The topological polar surface area (TPSA) is 43.9 Å². The average molecular weight is 440 g/mol. The van der Waals surface area contributed by atoms with Crippen molar-refractivity contribution < 1.29 is 14.0 Å². The fraction of sp³-hybridized carbons (Fsp3) is 0.615. The van der Waals surface area contributed by atoms with E-state index in [-0.39, 0.29) is 23.1 Å². The summed E-state index contributed by atoms with van der Waals surface area (Å²) in [5.41, 5.74) is 1.12. The SMILES string of the molecule is O=C([C@@H]1CC=CCC1)N1CCC2(CC1)C[C@H]2C(=O)N1CCN(Cc2cccc(F)c2)CC1. The first-order valence-electron chi connectivity index (χ1n) is 12.2. The van der Waals surface area contributed by atoms with Gasteiger partial charge in [0.2, 0.25) is 11.8 Å². The second-order valence-corrected chi connectivity index (χ2v) is 10.2. The molecule has 0 unspecified atom stereocenters. The summed E-state index contributed by atoms with van der Waals surface area (Å²) >= 11 is 0. The van der Waals surface area contributed by atoms with Crippen molar-refractivity contribution in [3.8, 4) is 0 Å². The Bertz CT molecular complexity index is 885. The number of piperidine rings is 1. The molecule has 2 saturated heterocycles. The zero-order valence-corrected chi connectivity index (χ0v) is 18.8. The predicted molar refractivity (Wildman–Crippen MR) is 121 cm³/mol. The molecule has 2 amide bonds. The van der Waals surface area contributed by atoms with Gasteiger partial charge in [-0.05, 0) is 61.6 Å². The highest BCUT2D eigenvalue weighted by molar-refractivity contribution is 5.83. The van der Waals surface area contributed by atoms with Crippen LogP contribution in [-0.4, -0.2) is 65.8 Å². The van der Waals surface area contributed by atoms with Crippen LogP contribution in [-0.2, 0) is 16.1 Å². The maximum atomic E-state index is 13.4. The minimum atomic E-state index is -0.196. The second-order valence-electron chi connectivity index (χ2n) is 10.2. The Balaban J connectivity index is 1.08. The van der Waals surface area contributed by atoms with Crippen molar-refractivity contribution in [1.29, 1.82) is 0 Å². The van der Waals surface area contributed by atoms with Gasteiger partial charge in [0, 0.05) is 57.6 Å². The normalized spacial score (nSPS) is 27.5. The van der Waals surface area contributed by atoms with Crippen LogP contribution < -0.4 is 0 Å². The predicted octanol–water partition coefficient (Wildman–Crippen LogP) is 3.45. The van der Waals surface area contributed by atoms with E-state index in [1.807, 2.05) is 11.0 Å². The van der Waals surface area contributed by atoms with Crippen molar-refractivity contribution in [2.24, 2.45) is 17.3 Å². The number of hydrogen-bond acceptors (Lipinski definition) is 3. The Morgan fingerprint density at radius 1 is 0.969 bits per heavy atom. The molecule has 2 aliphatic heterocycles. The fourth-order valence-corrected chi connectivity index (χ4v) is 5.94. The Morgan fingerprint density at radius 3 is 2.41 bits per heavy atom. The van der Waals surface area contributed by atoms with Crippen molar-refractivity contribution in [1.82, 2.24) is 14.7 Å². The van der Waals surface area contributed by atoms with E-state index in [1.54, 1.807) is 12.1 Å². The number of likely N-dealkylation sites (tertiary alicyclic amines) is 1. The maximum absolute atomic E-state index is 13.4. The van der Waals surface area contributed by atoms with Gasteiger partial charge in [-0.2, -0.15) is 0 Å². The van der Waals surface area contributed by atoms with Gasteiger partial charge in [-0.1, -0.05) is 24.3 Å². The summed E-state index contributed by atoms with van der Waals surface area (Å²) in [5.74, 6) is 0.745. The second kappa shape index (κ2) is 8.97. The molecular weight excluding hydrogens is 405 g/mol. The number of carbonyl (C=O) groups excluding carboxylic acids is 2. The van der Waals surface area contributed by atoms with Gasteiger partial charge in [-0.15, -0.1) is 0 Å². The molecule has 0 aromatic heterocycles. The molecule has 3 fully saturated rings. The lowest BCUT2D eigenvalue weighted by molar-refractivity contribution is -0.138. The van der Waals surface area contributed by atoms with Crippen LogP contribution in [0.2, 0.25) is 0 Å². The molecule has 1 spiro atoms. The Morgan fingerprint density at radius 2 is 1.72 bits per heavy atom. The largest absolute Gasteiger partial charge is 0.342 e. The zero-order valence-electron chi connectivity index (χ0n) is 18.8. The molecule has 0 N–H and O–H groups in total. The van der Waals surface area contributed by atoms with E-state index in [4.69, 9.17) is 0 Å². The number of rotatable bonds is 4. The van der Waals surface area contributed by atoms with Crippen LogP contribution in [0.1, 0.15) is 44.1 Å². The summed E-state index contributed by atoms with van der Waals surface area (Å²) in [6.07, 6.45) is 10.1. The van der Waals surface area contributed by atoms with Gasteiger partial charge in [-0.3, -0.25) is 14.5 Å². The average Bonchev–Trinajstić information content (AvgIpc) is 3.52. The Kier molecular flexibility index (Phi) is 6.06. The number of carbonyl (C=O) groups is 2. The van der Waals surface area contributed by atoms with Gasteiger partial charge in [0.25, 0.3) is 0 Å². The highest BCUT2D eigenvalue weighted by Gasteiger charge is 2.59. The molecule has 1 aromatic carbocycles. The van der Waals surface area contributed by atoms with Gasteiger partial charge < -0.3 is 9.80 Å². The molecule has 1 aromatic rings. The van der Waals surface area contributed by atoms with E-state index in [2.05, 4.69) is 22.0 Å². The molecule has 32 heavy (non-hydrogen) atoms. The highest BCUT2D eigenvalue weighted by Crippen LogP contribution is 2.60. The van der Waals surface area contributed by atoms with Crippen LogP contribution in [0.15, 0.2) is 36.4 Å². The smallest absolute Gasteiger partial charge is 0.226 e. The van der Waals surface area contributed by atoms with E-state index in [0.29, 0.717) is 11.8 Å². The van der Waals surface area contributed by atoms with Crippen molar-refractivity contribution in [2.45, 2.75) is 45.1 Å². The third-order valence-electron chi connectivity index (χ3n) is 8.16. The molecule has 0 bridgehead atoms. The Hall–Kier alpha value is -2.21. The van der Waals surface area contributed by atoms with Crippen molar-refractivity contribution in [2.75, 3.05) is 39.3 Å². The number of halogens is 1. The van der Waals surface area contributed by atoms with E-state index in [0.717, 1.165) is 89.9 Å². The first-order valence-corrected chi connectivity index (χ1v) is 12.2. The monoisotopic (exact) mass is 439 g/mol.